The van der Waals surface area contributed by atoms with E-state index in [1.807, 2.05) is 20.8 Å². The Morgan fingerprint density at radius 2 is 2.18 bits per heavy atom. The zero-order valence-corrected chi connectivity index (χ0v) is 10.9. The predicted octanol–water partition coefficient (Wildman–Crippen LogP) is 0.301. The molecule has 2 N–H and O–H groups in total. The zero-order chi connectivity index (χ0) is 13.1. The number of aromatic nitrogens is 2. The highest BCUT2D eigenvalue weighted by molar-refractivity contribution is 4.95. The molecule has 0 fully saturated rings. The number of aliphatic hydroxyl groups excluding tert-OH is 1. The van der Waals surface area contributed by atoms with Crippen LogP contribution in [0.2, 0.25) is 0 Å². The number of aryl methyl sites for hydroxylation is 1. The molecule has 0 spiro atoms. The third-order valence-corrected chi connectivity index (χ3v) is 2.29. The summed E-state index contributed by atoms with van der Waals surface area (Å²) in [6.07, 6.45) is 1.06. The highest BCUT2D eigenvalue weighted by Gasteiger charge is 2.12. The number of β-amino-alcohol motifs (C(OH)–C–C–N with tert-alkyl or cyclic N) is 1. The predicted molar refractivity (Wildman–Crippen MR) is 67.0 cm³/mol. The quantitative estimate of drug-likeness (QED) is 0.793. The van der Waals surface area contributed by atoms with Gasteiger partial charge in [-0.2, -0.15) is 4.98 Å². The average molecular weight is 239 g/mol. The minimum Gasteiger partial charge on any atom is -0.390 e. The Labute approximate surface area is 102 Å². The summed E-state index contributed by atoms with van der Waals surface area (Å²) in [5, 5.41) is 13.0. The Bertz CT molecular complexity index is 420. The Kier molecular flexibility index (Phi) is 4.42. The number of hydrogen-bond donors (Lipinski definition) is 2. The summed E-state index contributed by atoms with van der Waals surface area (Å²) in [5.41, 5.74) is 0.325. The van der Waals surface area contributed by atoms with Gasteiger partial charge in [0.1, 0.15) is 0 Å². The first-order chi connectivity index (χ1) is 7.78. The molecular weight excluding hydrogens is 218 g/mol. The largest absolute Gasteiger partial charge is 0.390 e. The molecule has 0 aromatic carbocycles. The maximum Gasteiger partial charge on any atom is 0.347 e. The van der Waals surface area contributed by atoms with E-state index in [9.17, 15) is 9.90 Å². The van der Waals surface area contributed by atoms with E-state index < -0.39 is 6.10 Å². The summed E-state index contributed by atoms with van der Waals surface area (Å²) >= 11 is 0. The van der Waals surface area contributed by atoms with E-state index in [2.05, 4.69) is 10.3 Å². The monoisotopic (exact) mass is 239 g/mol. The smallest absolute Gasteiger partial charge is 0.347 e. The third-order valence-electron chi connectivity index (χ3n) is 2.29. The second-order valence-electron chi connectivity index (χ2n) is 5.29. The van der Waals surface area contributed by atoms with E-state index >= 15 is 0 Å². The highest BCUT2D eigenvalue weighted by Crippen LogP contribution is 1.99. The summed E-state index contributed by atoms with van der Waals surface area (Å²) in [6.45, 7) is 8.56. The maximum atomic E-state index is 11.5. The van der Waals surface area contributed by atoms with Crippen molar-refractivity contribution in [1.82, 2.24) is 14.9 Å². The number of nitrogens with zero attached hydrogens (tertiary/aromatic N) is 2. The van der Waals surface area contributed by atoms with Crippen LogP contribution in [0.5, 0.6) is 0 Å². The SMILES string of the molecule is Cc1ccn(CC(O)CNC(C)(C)C)c(=O)n1. The van der Waals surface area contributed by atoms with Gasteiger partial charge in [0.05, 0.1) is 12.6 Å². The van der Waals surface area contributed by atoms with Gasteiger partial charge in [0.25, 0.3) is 0 Å². The fraction of sp³-hybridized carbons (Fsp3) is 0.667. The molecule has 0 radical (unpaired) electrons. The lowest BCUT2D eigenvalue weighted by atomic mass is 10.1. The van der Waals surface area contributed by atoms with E-state index in [0.717, 1.165) is 0 Å². The molecule has 1 rings (SSSR count). The lowest BCUT2D eigenvalue weighted by Crippen LogP contribution is -2.43. The van der Waals surface area contributed by atoms with Crippen molar-refractivity contribution >= 4 is 0 Å². The number of hydrogen-bond acceptors (Lipinski definition) is 4. The fourth-order valence-electron chi connectivity index (χ4n) is 1.37. The summed E-state index contributed by atoms with van der Waals surface area (Å²) in [6, 6.07) is 1.76. The highest BCUT2D eigenvalue weighted by atomic mass is 16.3. The van der Waals surface area contributed by atoms with E-state index in [1.54, 1.807) is 19.2 Å². The summed E-state index contributed by atoms with van der Waals surface area (Å²) in [5.74, 6) is 0. The molecule has 0 saturated heterocycles. The van der Waals surface area contributed by atoms with Gasteiger partial charge >= 0.3 is 5.69 Å². The Hall–Kier alpha value is -1.20. The molecule has 1 aromatic rings. The second kappa shape index (κ2) is 5.42. The molecule has 0 saturated carbocycles. The van der Waals surface area contributed by atoms with Gasteiger partial charge in [0, 0.05) is 24.0 Å². The molecule has 96 valence electrons. The van der Waals surface area contributed by atoms with Crippen molar-refractivity contribution < 1.29 is 5.11 Å². The molecule has 5 heteroatoms. The summed E-state index contributed by atoms with van der Waals surface area (Å²) in [7, 11) is 0. The van der Waals surface area contributed by atoms with Crippen LogP contribution in [0.25, 0.3) is 0 Å². The lowest BCUT2D eigenvalue weighted by molar-refractivity contribution is 0.140. The topological polar surface area (TPSA) is 67.2 Å². The van der Waals surface area contributed by atoms with Gasteiger partial charge in [-0.3, -0.25) is 4.57 Å². The van der Waals surface area contributed by atoms with Crippen LogP contribution in [0.1, 0.15) is 26.5 Å². The Morgan fingerprint density at radius 1 is 1.53 bits per heavy atom. The molecule has 0 aliphatic carbocycles. The minimum absolute atomic E-state index is 0.0442. The van der Waals surface area contributed by atoms with Gasteiger partial charge in [-0.15, -0.1) is 0 Å². The van der Waals surface area contributed by atoms with Crippen molar-refractivity contribution in [2.75, 3.05) is 6.54 Å². The van der Waals surface area contributed by atoms with Gasteiger partial charge in [-0.25, -0.2) is 4.79 Å². The summed E-state index contributed by atoms with van der Waals surface area (Å²) in [4.78, 5) is 15.3. The van der Waals surface area contributed by atoms with Crippen LogP contribution in [0.3, 0.4) is 0 Å². The van der Waals surface area contributed by atoms with Crippen LogP contribution < -0.4 is 11.0 Å². The van der Waals surface area contributed by atoms with Gasteiger partial charge in [0.15, 0.2) is 0 Å². The Morgan fingerprint density at radius 3 is 2.71 bits per heavy atom. The minimum atomic E-state index is -0.601. The van der Waals surface area contributed by atoms with Crippen LogP contribution in [-0.2, 0) is 6.54 Å². The van der Waals surface area contributed by atoms with Crippen molar-refractivity contribution in [3.8, 4) is 0 Å². The molecule has 17 heavy (non-hydrogen) atoms. The Balaban J connectivity index is 2.56. The fourth-order valence-corrected chi connectivity index (χ4v) is 1.37. The molecule has 1 heterocycles. The van der Waals surface area contributed by atoms with Crippen molar-refractivity contribution in [1.29, 1.82) is 0 Å². The van der Waals surface area contributed by atoms with Crippen LogP contribution in [-0.4, -0.2) is 32.8 Å². The zero-order valence-electron chi connectivity index (χ0n) is 10.9. The van der Waals surface area contributed by atoms with E-state index in [0.29, 0.717) is 12.2 Å². The molecule has 1 aromatic heterocycles. The molecule has 0 aliphatic heterocycles. The van der Waals surface area contributed by atoms with Crippen LogP contribution in [0, 0.1) is 6.92 Å². The lowest BCUT2D eigenvalue weighted by Gasteiger charge is -2.23. The molecule has 0 amide bonds. The normalized spacial score (nSPS) is 13.7. The van der Waals surface area contributed by atoms with Crippen LogP contribution in [0.4, 0.5) is 0 Å². The second-order valence-corrected chi connectivity index (χ2v) is 5.29. The van der Waals surface area contributed by atoms with Crippen LogP contribution in [0.15, 0.2) is 17.1 Å². The first-order valence-corrected chi connectivity index (χ1v) is 5.75. The molecular formula is C12H21N3O2. The van der Waals surface area contributed by atoms with Crippen molar-refractivity contribution in [2.24, 2.45) is 0 Å². The van der Waals surface area contributed by atoms with Gasteiger partial charge in [0.2, 0.25) is 0 Å². The van der Waals surface area contributed by atoms with Crippen molar-refractivity contribution in [3.63, 3.8) is 0 Å². The first-order valence-electron chi connectivity index (χ1n) is 5.75. The van der Waals surface area contributed by atoms with Gasteiger partial charge in [-0.1, -0.05) is 0 Å². The van der Waals surface area contributed by atoms with E-state index in [-0.39, 0.29) is 17.8 Å². The molecule has 0 aliphatic rings. The first kappa shape index (κ1) is 13.9. The molecule has 5 nitrogen and oxygen atoms in total. The molecule has 0 bridgehead atoms. The molecule has 1 atom stereocenters. The third kappa shape index (κ3) is 5.10. The van der Waals surface area contributed by atoms with Gasteiger partial charge < -0.3 is 10.4 Å². The van der Waals surface area contributed by atoms with E-state index in [4.69, 9.17) is 0 Å². The number of nitrogens with one attached hydrogen (secondary N) is 1. The van der Waals surface area contributed by atoms with Crippen molar-refractivity contribution in [3.05, 3.63) is 28.4 Å². The number of rotatable bonds is 4. The average Bonchev–Trinajstić information content (AvgIpc) is 2.18. The van der Waals surface area contributed by atoms with Crippen LogP contribution >= 0.6 is 0 Å². The van der Waals surface area contributed by atoms with Crippen molar-refractivity contribution in [2.45, 2.75) is 45.9 Å². The standard InChI is InChI=1S/C12H21N3O2/c1-9-5-6-15(11(17)14-9)8-10(16)7-13-12(2,3)4/h5-6,10,13,16H,7-8H2,1-4H3. The van der Waals surface area contributed by atoms with Gasteiger partial charge in [-0.05, 0) is 33.8 Å². The van der Waals surface area contributed by atoms with E-state index in [1.165, 1.54) is 4.57 Å². The summed E-state index contributed by atoms with van der Waals surface area (Å²) < 4.78 is 1.42. The molecule has 1 unspecified atom stereocenters. The maximum absolute atomic E-state index is 11.5. The number of aliphatic hydroxyl groups is 1.